The van der Waals surface area contributed by atoms with Crippen LogP contribution in [-0.4, -0.2) is 41.6 Å². The number of hydrogen-bond donors (Lipinski definition) is 2. The third-order valence-corrected chi connectivity index (χ3v) is 5.55. The molecule has 0 bridgehead atoms. The van der Waals surface area contributed by atoms with Crippen LogP contribution in [0.15, 0.2) is 48.9 Å². The lowest BCUT2D eigenvalue weighted by Gasteiger charge is -2.23. The van der Waals surface area contributed by atoms with Gasteiger partial charge in [-0.3, -0.25) is 9.78 Å². The van der Waals surface area contributed by atoms with Crippen molar-refractivity contribution in [2.24, 2.45) is 5.92 Å². The first-order chi connectivity index (χ1) is 14.9. The van der Waals surface area contributed by atoms with Crippen LogP contribution in [0.3, 0.4) is 0 Å². The second kappa shape index (κ2) is 10.0. The number of aryl methyl sites for hydroxylation is 1. The van der Waals surface area contributed by atoms with Gasteiger partial charge in [-0.1, -0.05) is 19.9 Å². The van der Waals surface area contributed by atoms with Gasteiger partial charge >= 0.3 is 0 Å². The van der Waals surface area contributed by atoms with Crippen molar-refractivity contribution in [3.05, 3.63) is 65.7 Å². The van der Waals surface area contributed by atoms with Crippen LogP contribution in [0.25, 0.3) is 11.3 Å². The molecule has 0 spiro atoms. The van der Waals surface area contributed by atoms with Crippen LogP contribution in [0.2, 0.25) is 0 Å². The second-order valence-electron chi connectivity index (χ2n) is 7.66. The number of anilines is 1. The highest BCUT2D eigenvalue weighted by Gasteiger charge is 2.20. The molecular formula is C24H29N5O2. The molecule has 2 N–H and O–H groups in total. The van der Waals surface area contributed by atoms with E-state index in [-0.39, 0.29) is 11.8 Å². The number of carbonyl (C=O) groups excluding carboxylic acids is 1. The molecule has 31 heavy (non-hydrogen) atoms. The predicted octanol–water partition coefficient (Wildman–Crippen LogP) is 4.07. The molecule has 3 aromatic rings. The Morgan fingerprint density at radius 3 is 2.58 bits per heavy atom. The Labute approximate surface area is 183 Å². The van der Waals surface area contributed by atoms with E-state index >= 15 is 0 Å². The number of benzene rings is 1. The van der Waals surface area contributed by atoms with Gasteiger partial charge in [-0.05, 0) is 48.6 Å². The first kappa shape index (κ1) is 22.2. The van der Waals surface area contributed by atoms with Gasteiger partial charge < -0.3 is 15.4 Å². The molecule has 3 rings (SSSR count). The summed E-state index contributed by atoms with van der Waals surface area (Å²) in [7, 11) is 3.25. The van der Waals surface area contributed by atoms with Crippen LogP contribution in [0, 0.1) is 12.8 Å². The highest BCUT2D eigenvalue weighted by atomic mass is 16.5. The molecule has 1 unspecified atom stereocenters. The van der Waals surface area contributed by atoms with E-state index in [0.29, 0.717) is 11.5 Å². The molecule has 0 aliphatic heterocycles. The van der Waals surface area contributed by atoms with Gasteiger partial charge in [-0.25, -0.2) is 9.97 Å². The maximum Gasteiger partial charge on any atom is 0.251 e. The normalized spacial score (nSPS) is 12.7. The van der Waals surface area contributed by atoms with Gasteiger partial charge in [0, 0.05) is 42.7 Å². The average molecular weight is 420 g/mol. The largest absolute Gasteiger partial charge is 0.496 e. The van der Waals surface area contributed by atoms with Crippen LogP contribution in [0.1, 0.15) is 41.4 Å². The first-order valence-electron chi connectivity index (χ1n) is 10.3. The Hall–Kier alpha value is -3.48. The van der Waals surface area contributed by atoms with Crippen molar-refractivity contribution in [1.29, 1.82) is 0 Å². The third kappa shape index (κ3) is 5.36. The molecule has 0 aliphatic rings. The van der Waals surface area contributed by atoms with Crippen molar-refractivity contribution in [3.63, 3.8) is 0 Å². The summed E-state index contributed by atoms with van der Waals surface area (Å²) in [6, 6.07) is 11.5. The number of nitrogens with one attached hydrogen (secondary N) is 2. The van der Waals surface area contributed by atoms with Crippen LogP contribution in [0.5, 0.6) is 5.75 Å². The van der Waals surface area contributed by atoms with Crippen LogP contribution in [-0.2, 0) is 0 Å². The summed E-state index contributed by atoms with van der Waals surface area (Å²) in [4.78, 5) is 25.0. The van der Waals surface area contributed by atoms with E-state index in [0.717, 1.165) is 40.6 Å². The summed E-state index contributed by atoms with van der Waals surface area (Å²) in [5.74, 6) is 1.86. The molecule has 162 valence electrons. The lowest BCUT2D eigenvalue weighted by molar-refractivity contribution is 0.0962. The summed E-state index contributed by atoms with van der Waals surface area (Å²) in [5, 5.41) is 6.06. The maximum absolute atomic E-state index is 11.9. The van der Waals surface area contributed by atoms with E-state index in [1.54, 1.807) is 26.6 Å². The fourth-order valence-electron chi connectivity index (χ4n) is 3.35. The van der Waals surface area contributed by atoms with Gasteiger partial charge in [0.15, 0.2) is 0 Å². The molecule has 0 fully saturated rings. The number of hydrogen-bond acceptors (Lipinski definition) is 6. The third-order valence-electron chi connectivity index (χ3n) is 5.55. The number of rotatable bonds is 8. The highest BCUT2D eigenvalue weighted by molar-refractivity contribution is 5.94. The first-order valence-corrected chi connectivity index (χ1v) is 10.3. The average Bonchev–Trinajstić information content (AvgIpc) is 2.81. The molecular weight excluding hydrogens is 390 g/mol. The molecule has 1 aromatic carbocycles. The predicted molar refractivity (Wildman–Crippen MR) is 122 cm³/mol. The minimum absolute atomic E-state index is 0.129. The van der Waals surface area contributed by atoms with E-state index < -0.39 is 0 Å². The molecule has 0 saturated carbocycles. The van der Waals surface area contributed by atoms with Crippen LogP contribution in [0.4, 0.5) is 5.82 Å². The van der Waals surface area contributed by atoms with Gasteiger partial charge in [0.05, 0.1) is 12.8 Å². The minimum Gasteiger partial charge on any atom is -0.496 e. The van der Waals surface area contributed by atoms with Crippen LogP contribution < -0.4 is 15.4 Å². The van der Waals surface area contributed by atoms with Crippen molar-refractivity contribution in [1.82, 2.24) is 20.3 Å². The quantitative estimate of drug-likeness (QED) is 0.572. The smallest absolute Gasteiger partial charge is 0.251 e. The van der Waals surface area contributed by atoms with Gasteiger partial charge in [-0.2, -0.15) is 0 Å². The standard InChI is InChI=1S/C24H29N5O2/c1-15(17(3)20-9-8-18(24(30)25-4)10-22(20)31-5)12-27-23-11-21(28-14-29-23)19-7-6-16(2)26-13-19/h6-11,13-15,17H,12H2,1-5H3,(H,25,30)(H,27,28,29)/t15?,17-/m1/s1. The molecule has 1 amide bonds. The minimum atomic E-state index is -0.129. The molecule has 2 atom stereocenters. The lowest BCUT2D eigenvalue weighted by atomic mass is 9.87. The maximum atomic E-state index is 11.9. The zero-order valence-corrected chi connectivity index (χ0v) is 18.6. The lowest BCUT2D eigenvalue weighted by Crippen LogP contribution is -2.20. The van der Waals surface area contributed by atoms with E-state index in [1.807, 2.05) is 43.5 Å². The Balaban J connectivity index is 1.69. The van der Waals surface area contributed by atoms with E-state index in [2.05, 4.69) is 39.4 Å². The monoisotopic (exact) mass is 419 g/mol. The molecule has 0 saturated heterocycles. The van der Waals surface area contributed by atoms with Crippen molar-refractivity contribution >= 4 is 11.7 Å². The number of methoxy groups -OCH3 is 1. The number of nitrogens with zero attached hydrogens (tertiary/aromatic N) is 3. The fraction of sp³-hybridized carbons (Fsp3) is 0.333. The van der Waals surface area contributed by atoms with E-state index in [9.17, 15) is 4.79 Å². The molecule has 0 aliphatic carbocycles. The number of aromatic nitrogens is 3. The molecule has 2 heterocycles. The number of amides is 1. The Morgan fingerprint density at radius 1 is 1.10 bits per heavy atom. The fourth-order valence-corrected chi connectivity index (χ4v) is 3.35. The highest BCUT2D eigenvalue weighted by Crippen LogP contribution is 2.32. The molecule has 2 aromatic heterocycles. The summed E-state index contributed by atoms with van der Waals surface area (Å²) < 4.78 is 5.56. The van der Waals surface area contributed by atoms with Crippen LogP contribution >= 0.6 is 0 Å². The topological polar surface area (TPSA) is 89.0 Å². The molecule has 7 heteroatoms. The Morgan fingerprint density at radius 2 is 1.90 bits per heavy atom. The zero-order valence-electron chi connectivity index (χ0n) is 18.6. The summed E-state index contributed by atoms with van der Waals surface area (Å²) in [6.07, 6.45) is 3.38. The summed E-state index contributed by atoms with van der Waals surface area (Å²) >= 11 is 0. The molecule has 0 radical (unpaired) electrons. The Kier molecular flexibility index (Phi) is 7.18. The summed E-state index contributed by atoms with van der Waals surface area (Å²) in [6.45, 7) is 7.02. The SMILES string of the molecule is CNC(=O)c1ccc([C@H](C)C(C)CNc2cc(-c3ccc(C)nc3)ncn2)c(OC)c1. The number of ether oxygens (including phenoxy) is 1. The van der Waals surface area contributed by atoms with E-state index in [4.69, 9.17) is 4.74 Å². The van der Waals surface area contributed by atoms with Crippen molar-refractivity contribution in [2.75, 3.05) is 26.0 Å². The van der Waals surface area contributed by atoms with Crippen molar-refractivity contribution < 1.29 is 9.53 Å². The van der Waals surface area contributed by atoms with E-state index in [1.165, 1.54) is 0 Å². The second-order valence-corrected chi connectivity index (χ2v) is 7.66. The van der Waals surface area contributed by atoms with Gasteiger partial charge in [0.1, 0.15) is 17.9 Å². The number of carbonyl (C=O) groups is 1. The van der Waals surface area contributed by atoms with Gasteiger partial charge in [0.2, 0.25) is 0 Å². The zero-order chi connectivity index (χ0) is 22.4. The number of pyridine rings is 1. The van der Waals surface area contributed by atoms with Gasteiger partial charge in [-0.15, -0.1) is 0 Å². The summed E-state index contributed by atoms with van der Waals surface area (Å²) in [5.41, 5.74) is 4.41. The molecule has 7 nitrogen and oxygen atoms in total. The Bertz CT molecular complexity index is 1040. The van der Waals surface area contributed by atoms with Crippen molar-refractivity contribution in [2.45, 2.75) is 26.7 Å². The van der Waals surface area contributed by atoms with Crippen molar-refractivity contribution in [3.8, 4) is 17.0 Å². The van der Waals surface area contributed by atoms with Gasteiger partial charge in [0.25, 0.3) is 5.91 Å².